The Hall–Kier alpha value is -3.06. The molecule has 1 saturated heterocycles. The van der Waals surface area contributed by atoms with Gasteiger partial charge in [0.15, 0.2) is 5.76 Å². The van der Waals surface area contributed by atoms with Crippen molar-refractivity contribution >= 4 is 11.8 Å². The van der Waals surface area contributed by atoms with Gasteiger partial charge in [-0.15, -0.1) is 0 Å². The molecule has 3 aromatic rings. The van der Waals surface area contributed by atoms with Gasteiger partial charge in [0.1, 0.15) is 5.69 Å². The van der Waals surface area contributed by atoms with Crippen LogP contribution < -0.4 is 4.90 Å². The maximum absolute atomic E-state index is 13.1. The zero-order chi connectivity index (χ0) is 21.1. The lowest BCUT2D eigenvalue weighted by molar-refractivity contribution is 0.0657. The second kappa shape index (κ2) is 8.75. The minimum atomic E-state index is -0.153. The van der Waals surface area contributed by atoms with Crippen molar-refractivity contribution in [2.75, 3.05) is 31.2 Å². The Morgan fingerprint density at radius 1 is 1.20 bits per heavy atom. The predicted octanol–water partition coefficient (Wildman–Crippen LogP) is 4.13. The van der Waals surface area contributed by atoms with Crippen LogP contribution in [0, 0.1) is 6.92 Å². The average molecular weight is 409 g/mol. The highest BCUT2D eigenvalue weighted by Crippen LogP contribution is 2.34. The molecule has 0 saturated carbocycles. The number of hydrogen-bond donors (Lipinski definition) is 0. The normalized spacial score (nSPS) is 14.3. The molecule has 0 atom stereocenters. The van der Waals surface area contributed by atoms with Crippen LogP contribution in [0.1, 0.15) is 35.5 Å². The number of aryl methyl sites for hydroxylation is 1. The van der Waals surface area contributed by atoms with Gasteiger partial charge in [-0.3, -0.25) is 4.79 Å². The molecule has 0 bridgehead atoms. The molecule has 1 aliphatic heterocycles. The predicted molar refractivity (Wildman–Crippen MR) is 113 cm³/mol. The van der Waals surface area contributed by atoms with Crippen molar-refractivity contribution in [1.29, 1.82) is 0 Å². The third kappa shape index (κ3) is 4.11. The standard InChI is InChI=1S/C23H27N3O4/c1-16(2)26(22(27)20-8-5-11-29-20)15-19-21(18-7-4-6-17(3)14-18)24-30-23(19)25-9-12-28-13-10-25/h4-8,11,14,16H,9-10,12-13,15H2,1-3H3. The number of nitrogens with zero attached hydrogens (tertiary/aromatic N) is 3. The van der Waals surface area contributed by atoms with Crippen LogP contribution in [0.25, 0.3) is 11.3 Å². The van der Waals surface area contributed by atoms with E-state index in [9.17, 15) is 4.79 Å². The third-order valence-corrected chi connectivity index (χ3v) is 5.30. The molecule has 30 heavy (non-hydrogen) atoms. The third-order valence-electron chi connectivity index (χ3n) is 5.30. The van der Waals surface area contributed by atoms with Gasteiger partial charge >= 0.3 is 0 Å². The van der Waals surface area contributed by atoms with Gasteiger partial charge in [0.2, 0.25) is 5.88 Å². The Balaban J connectivity index is 1.75. The molecule has 4 rings (SSSR count). The molecule has 7 nitrogen and oxygen atoms in total. The number of furan rings is 1. The first-order valence-electron chi connectivity index (χ1n) is 10.3. The molecule has 0 radical (unpaired) electrons. The molecule has 2 aromatic heterocycles. The molecule has 7 heteroatoms. The molecule has 0 N–H and O–H groups in total. The van der Waals surface area contributed by atoms with E-state index in [1.165, 1.54) is 6.26 Å². The molecule has 0 aliphatic carbocycles. The number of benzene rings is 1. The molecule has 0 spiro atoms. The molecule has 3 heterocycles. The van der Waals surface area contributed by atoms with E-state index < -0.39 is 0 Å². The van der Waals surface area contributed by atoms with Crippen molar-refractivity contribution in [2.45, 2.75) is 33.4 Å². The van der Waals surface area contributed by atoms with E-state index >= 15 is 0 Å². The fourth-order valence-electron chi connectivity index (χ4n) is 3.68. The Morgan fingerprint density at radius 3 is 2.67 bits per heavy atom. The Kier molecular flexibility index (Phi) is 5.90. The largest absolute Gasteiger partial charge is 0.459 e. The lowest BCUT2D eigenvalue weighted by atomic mass is 10.0. The highest BCUT2D eigenvalue weighted by Gasteiger charge is 2.29. The summed E-state index contributed by atoms with van der Waals surface area (Å²) in [7, 11) is 0. The summed E-state index contributed by atoms with van der Waals surface area (Å²) < 4.78 is 16.7. The summed E-state index contributed by atoms with van der Waals surface area (Å²) in [6, 6.07) is 11.5. The molecule has 1 fully saturated rings. The van der Waals surface area contributed by atoms with Crippen molar-refractivity contribution in [3.63, 3.8) is 0 Å². The number of anilines is 1. The molecular formula is C23H27N3O4. The van der Waals surface area contributed by atoms with E-state index in [-0.39, 0.29) is 11.9 Å². The number of amides is 1. The Morgan fingerprint density at radius 2 is 2.00 bits per heavy atom. The number of carbonyl (C=O) groups is 1. The number of ether oxygens (including phenoxy) is 1. The Labute approximate surface area is 176 Å². The highest BCUT2D eigenvalue weighted by atomic mass is 16.5. The van der Waals surface area contributed by atoms with E-state index in [1.54, 1.807) is 17.0 Å². The van der Waals surface area contributed by atoms with Gasteiger partial charge in [-0.1, -0.05) is 28.9 Å². The second-order valence-corrected chi connectivity index (χ2v) is 7.79. The zero-order valence-electron chi connectivity index (χ0n) is 17.6. The van der Waals surface area contributed by atoms with E-state index in [0.717, 1.165) is 35.5 Å². The molecule has 1 aliphatic rings. The SMILES string of the molecule is Cc1cccc(-c2noc(N3CCOCC3)c2CN(C(=O)c2ccco2)C(C)C)c1. The number of rotatable bonds is 6. The van der Waals surface area contributed by atoms with Crippen LogP contribution in [0.4, 0.5) is 5.88 Å². The van der Waals surface area contributed by atoms with E-state index in [4.69, 9.17) is 13.7 Å². The summed E-state index contributed by atoms with van der Waals surface area (Å²) in [5.41, 5.74) is 3.78. The first-order chi connectivity index (χ1) is 14.5. The lowest BCUT2D eigenvalue weighted by Gasteiger charge is -2.29. The fourth-order valence-corrected chi connectivity index (χ4v) is 3.68. The zero-order valence-corrected chi connectivity index (χ0v) is 17.6. The fraction of sp³-hybridized carbons (Fsp3) is 0.391. The average Bonchev–Trinajstić information content (AvgIpc) is 3.42. The van der Waals surface area contributed by atoms with E-state index in [2.05, 4.69) is 16.1 Å². The number of carbonyl (C=O) groups excluding carboxylic acids is 1. The molecule has 158 valence electrons. The number of aromatic nitrogens is 1. The van der Waals surface area contributed by atoms with Crippen LogP contribution in [0.2, 0.25) is 0 Å². The maximum atomic E-state index is 13.1. The molecule has 1 aromatic carbocycles. The summed E-state index contributed by atoms with van der Waals surface area (Å²) in [5.74, 6) is 0.872. The van der Waals surface area contributed by atoms with Crippen LogP contribution in [0.5, 0.6) is 0 Å². The minimum Gasteiger partial charge on any atom is -0.459 e. The van der Waals surface area contributed by atoms with Gasteiger partial charge in [-0.25, -0.2) is 0 Å². The number of hydrogen-bond acceptors (Lipinski definition) is 6. The van der Waals surface area contributed by atoms with Gasteiger partial charge in [-0.2, -0.15) is 0 Å². The number of morpholine rings is 1. The Bertz CT molecular complexity index is 988. The van der Waals surface area contributed by atoms with Crippen LogP contribution in [0.15, 0.2) is 51.6 Å². The first-order valence-corrected chi connectivity index (χ1v) is 10.3. The molecule has 0 unspecified atom stereocenters. The highest BCUT2D eigenvalue weighted by molar-refractivity contribution is 5.91. The van der Waals surface area contributed by atoms with Crippen molar-refractivity contribution in [1.82, 2.24) is 10.1 Å². The van der Waals surface area contributed by atoms with Crippen LogP contribution >= 0.6 is 0 Å². The minimum absolute atomic E-state index is 0.0274. The van der Waals surface area contributed by atoms with Crippen molar-refractivity contribution in [3.8, 4) is 11.3 Å². The van der Waals surface area contributed by atoms with Gasteiger partial charge < -0.3 is 23.5 Å². The van der Waals surface area contributed by atoms with Gasteiger partial charge in [0.25, 0.3) is 5.91 Å². The van der Waals surface area contributed by atoms with Crippen LogP contribution in [0.3, 0.4) is 0 Å². The summed E-state index contributed by atoms with van der Waals surface area (Å²) in [4.78, 5) is 17.0. The topological polar surface area (TPSA) is 72.0 Å². The first kappa shape index (κ1) is 20.2. The van der Waals surface area contributed by atoms with Gasteiger partial charge in [0.05, 0.1) is 31.6 Å². The molecular weight excluding hydrogens is 382 g/mol. The summed E-state index contributed by atoms with van der Waals surface area (Å²) in [5, 5.41) is 4.42. The summed E-state index contributed by atoms with van der Waals surface area (Å²) >= 11 is 0. The molecule has 1 amide bonds. The summed E-state index contributed by atoms with van der Waals surface area (Å²) in [6.45, 7) is 9.14. The van der Waals surface area contributed by atoms with Crippen LogP contribution in [-0.4, -0.2) is 48.3 Å². The van der Waals surface area contributed by atoms with Crippen molar-refractivity contribution < 1.29 is 18.5 Å². The lowest BCUT2D eigenvalue weighted by Crippen LogP contribution is -2.39. The summed E-state index contributed by atoms with van der Waals surface area (Å²) in [6.07, 6.45) is 1.52. The van der Waals surface area contributed by atoms with Crippen molar-refractivity contribution in [3.05, 3.63) is 59.5 Å². The second-order valence-electron chi connectivity index (χ2n) is 7.79. The quantitative estimate of drug-likeness (QED) is 0.610. The van der Waals surface area contributed by atoms with Crippen LogP contribution in [-0.2, 0) is 11.3 Å². The van der Waals surface area contributed by atoms with Gasteiger partial charge in [0, 0.05) is 24.7 Å². The smallest absolute Gasteiger partial charge is 0.290 e. The van der Waals surface area contributed by atoms with E-state index in [0.29, 0.717) is 31.4 Å². The van der Waals surface area contributed by atoms with Crippen molar-refractivity contribution in [2.24, 2.45) is 0 Å². The maximum Gasteiger partial charge on any atom is 0.290 e. The monoisotopic (exact) mass is 409 g/mol. The van der Waals surface area contributed by atoms with Gasteiger partial charge in [-0.05, 0) is 39.0 Å². The van der Waals surface area contributed by atoms with E-state index in [1.807, 2.05) is 39.0 Å².